The van der Waals surface area contributed by atoms with Gasteiger partial charge in [0.2, 0.25) is 0 Å². The molecule has 1 aliphatic carbocycles. The summed E-state index contributed by atoms with van der Waals surface area (Å²) in [5.41, 5.74) is 0. The van der Waals surface area contributed by atoms with E-state index in [1.165, 1.54) is 32.1 Å². The minimum atomic E-state index is 1.14. The molecule has 0 atom stereocenters. The molecule has 0 heteroatoms. The van der Waals surface area contributed by atoms with Crippen LogP contribution in [-0.2, 0) is 0 Å². The SMILES string of the molecule is [CH]1CC=CC=CCCCCC1. The lowest BCUT2D eigenvalue weighted by Gasteiger charge is -1.96. The Hall–Kier alpha value is -0.520. The molecule has 0 bridgehead atoms. The minimum absolute atomic E-state index is 1.14. The van der Waals surface area contributed by atoms with E-state index in [0.717, 1.165) is 6.42 Å². The molecule has 0 N–H and O–H groups in total. The normalized spacial score (nSPS) is 21.1. The van der Waals surface area contributed by atoms with Crippen molar-refractivity contribution in [2.24, 2.45) is 0 Å². The van der Waals surface area contributed by atoms with Crippen LogP contribution in [-0.4, -0.2) is 0 Å². The highest BCUT2D eigenvalue weighted by atomic mass is 14.0. The third-order valence-electron chi connectivity index (χ3n) is 1.97. The van der Waals surface area contributed by atoms with Gasteiger partial charge >= 0.3 is 0 Å². The number of allylic oxidation sites excluding steroid dienone is 4. The molecular formula is C11H17. The van der Waals surface area contributed by atoms with Crippen LogP contribution < -0.4 is 0 Å². The van der Waals surface area contributed by atoms with E-state index < -0.39 is 0 Å². The van der Waals surface area contributed by atoms with Gasteiger partial charge in [-0.05, 0) is 32.1 Å². The van der Waals surface area contributed by atoms with Crippen LogP contribution in [0.2, 0.25) is 0 Å². The highest BCUT2D eigenvalue weighted by Gasteiger charge is 1.89. The molecule has 0 nitrogen and oxygen atoms in total. The Balaban J connectivity index is 2.22. The van der Waals surface area contributed by atoms with Gasteiger partial charge in [-0.25, -0.2) is 0 Å². The lowest BCUT2D eigenvalue weighted by atomic mass is 10.1. The summed E-state index contributed by atoms with van der Waals surface area (Å²) in [7, 11) is 0. The number of hydrogen-bond acceptors (Lipinski definition) is 0. The predicted molar refractivity (Wildman–Crippen MR) is 50.3 cm³/mol. The van der Waals surface area contributed by atoms with E-state index in [4.69, 9.17) is 0 Å². The fourth-order valence-electron chi connectivity index (χ4n) is 1.27. The van der Waals surface area contributed by atoms with Gasteiger partial charge in [0.05, 0.1) is 0 Å². The maximum Gasteiger partial charge on any atom is -0.0316 e. The van der Waals surface area contributed by atoms with Crippen molar-refractivity contribution in [1.29, 1.82) is 0 Å². The molecule has 61 valence electrons. The van der Waals surface area contributed by atoms with Crippen LogP contribution in [0.25, 0.3) is 0 Å². The predicted octanol–water partition coefficient (Wildman–Crippen LogP) is 3.66. The molecule has 0 saturated carbocycles. The molecule has 1 rings (SSSR count). The van der Waals surface area contributed by atoms with Crippen LogP contribution in [0.15, 0.2) is 24.3 Å². The Morgan fingerprint density at radius 2 is 1.55 bits per heavy atom. The smallest absolute Gasteiger partial charge is 0.0316 e. The van der Waals surface area contributed by atoms with Crippen LogP contribution >= 0.6 is 0 Å². The zero-order valence-corrected chi connectivity index (χ0v) is 7.13. The van der Waals surface area contributed by atoms with Crippen molar-refractivity contribution >= 4 is 0 Å². The highest BCUT2D eigenvalue weighted by molar-refractivity contribution is 5.03. The molecule has 0 unspecified atom stereocenters. The molecule has 0 saturated heterocycles. The molecule has 0 aromatic heterocycles. The van der Waals surface area contributed by atoms with E-state index in [-0.39, 0.29) is 0 Å². The summed E-state index contributed by atoms with van der Waals surface area (Å²) in [6.07, 6.45) is 19.0. The monoisotopic (exact) mass is 149 g/mol. The first kappa shape index (κ1) is 8.58. The summed E-state index contributed by atoms with van der Waals surface area (Å²) < 4.78 is 0. The highest BCUT2D eigenvalue weighted by Crippen LogP contribution is 2.08. The van der Waals surface area contributed by atoms with E-state index in [9.17, 15) is 0 Å². The standard InChI is InChI=1S/C11H17/c1-2-4-6-8-10-11-9-7-5-3-1/h1-4,7H,5-6,8-11H2. The van der Waals surface area contributed by atoms with Crippen molar-refractivity contribution in [3.63, 3.8) is 0 Å². The van der Waals surface area contributed by atoms with E-state index in [1.807, 2.05) is 0 Å². The minimum Gasteiger partial charge on any atom is -0.0845 e. The molecular weight excluding hydrogens is 132 g/mol. The van der Waals surface area contributed by atoms with Gasteiger partial charge in [-0.15, -0.1) is 0 Å². The van der Waals surface area contributed by atoms with Crippen LogP contribution in [0, 0.1) is 6.42 Å². The van der Waals surface area contributed by atoms with Gasteiger partial charge < -0.3 is 0 Å². The third-order valence-corrected chi connectivity index (χ3v) is 1.97. The van der Waals surface area contributed by atoms with Crippen molar-refractivity contribution in [3.05, 3.63) is 30.7 Å². The molecule has 1 radical (unpaired) electrons. The zero-order chi connectivity index (χ0) is 7.78. The third kappa shape index (κ3) is 4.83. The molecule has 0 spiro atoms. The number of hydrogen-bond donors (Lipinski definition) is 0. The maximum atomic E-state index is 2.37. The summed E-state index contributed by atoms with van der Waals surface area (Å²) in [6, 6.07) is 0. The van der Waals surface area contributed by atoms with Gasteiger partial charge in [-0.3, -0.25) is 0 Å². The molecule has 0 aromatic carbocycles. The van der Waals surface area contributed by atoms with Gasteiger partial charge in [0.25, 0.3) is 0 Å². The Morgan fingerprint density at radius 1 is 0.727 bits per heavy atom. The Kier molecular flexibility index (Phi) is 4.84. The second kappa shape index (κ2) is 6.21. The van der Waals surface area contributed by atoms with Crippen LogP contribution in [0.4, 0.5) is 0 Å². The van der Waals surface area contributed by atoms with Gasteiger partial charge in [0.1, 0.15) is 0 Å². The molecule has 1 aliphatic rings. The van der Waals surface area contributed by atoms with Gasteiger partial charge in [0, 0.05) is 0 Å². The molecule has 0 aliphatic heterocycles. The average Bonchev–Trinajstić information content (AvgIpc) is 2.08. The number of rotatable bonds is 0. The van der Waals surface area contributed by atoms with Crippen molar-refractivity contribution in [2.75, 3.05) is 0 Å². The molecule has 0 fully saturated rings. The van der Waals surface area contributed by atoms with E-state index in [2.05, 4.69) is 30.7 Å². The Labute approximate surface area is 70.0 Å². The van der Waals surface area contributed by atoms with Gasteiger partial charge in [-0.2, -0.15) is 0 Å². The van der Waals surface area contributed by atoms with Gasteiger partial charge in [0.15, 0.2) is 0 Å². The summed E-state index contributed by atoms with van der Waals surface area (Å²) in [6.45, 7) is 0. The van der Waals surface area contributed by atoms with E-state index in [0.29, 0.717) is 0 Å². The first-order valence-corrected chi connectivity index (χ1v) is 4.63. The van der Waals surface area contributed by atoms with E-state index >= 15 is 0 Å². The average molecular weight is 149 g/mol. The largest absolute Gasteiger partial charge is 0.0845 e. The Morgan fingerprint density at radius 3 is 2.55 bits per heavy atom. The second-order valence-electron chi connectivity index (χ2n) is 3.02. The fourth-order valence-corrected chi connectivity index (χ4v) is 1.27. The summed E-state index contributed by atoms with van der Waals surface area (Å²) in [5, 5.41) is 0. The Bertz CT molecular complexity index is 115. The first-order valence-electron chi connectivity index (χ1n) is 4.63. The summed E-state index contributed by atoms with van der Waals surface area (Å²) in [4.78, 5) is 0. The molecule has 0 aromatic rings. The quantitative estimate of drug-likeness (QED) is 0.493. The fraction of sp³-hybridized carbons (Fsp3) is 0.545. The van der Waals surface area contributed by atoms with Crippen LogP contribution in [0.3, 0.4) is 0 Å². The topological polar surface area (TPSA) is 0 Å². The van der Waals surface area contributed by atoms with Crippen molar-refractivity contribution in [1.82, 2.24) is 0 Å². The molecule has 0 heterocycles. The van der Waals surface area contributed by atoms with Crippen LogP contribution in [0.1, 0.15) is 38.5 Å². The van der Waals surface area contributed by atoms with Crippen molar-refractivity contribution < 1.29 is 0 Å². The van der Waals surface area contributed by atoms with Crippen LogP contribution in [0.5, 0.6) is 0 Å². The zero-order valence-electron chi connectivity index (χ0n) is 7.13. The summed E-state index contributed by atoms with van der Waals surface area (Å²) in [5.74, 6) is 0. The molecule has 0 amide bonds. The molecule has 11 heavy (non-hydrogen) atoms. The van der Waals surface area contributed by atoms with Gasteiger partial charge in [-0.1, -0.05) is 37.1 Å². The van der Waals surface area contributed by atoms with E-state index in [1.54, 1.807) is 0 Å². The lowest BCUT2D eigenvalue weighted by Crippen LogP contribution is -1.77. The first-order chi connectivity index (χ1) is 5.50. The maximum absolute atomic E-state index is 2.37. The summed E-state index contributed by atoms with van der Waals surface area (Å²) >= 11 is 0. The lowest BCUT2D eigenvalue weighted by molar-refractivity contribution is 0.677. The second-order valence-corrected chi connectivity index (χ2v) is 3.02. The van der Waals surface area contributed by atoms with Crippen molar-refractivity contribution in [3.8, 4) is 0 Å². The van der Waals surface area contributed by atoms with Crippen molar-refractivity contribution in [2.45, 2.75) is 38.5 Å².